The summed E-state index contributed by atoms with van der Waals surface area (Å²) in [6.45, 7) is 1.22. The molecule has 0 bridgehead atoms. The lowest BCUT2D eigenvalue weighted by Gasteiger charge is -2.29. The molecule has 1 aromatic carbocycles. The van der Waals surface area contributed by atoms with E-state index in [1.165, 1.54) is 0 Å². The molecule has 22 heavy (non-hydrogen) atoms. The van der Waals surface area contributed by atoms with E-state index in [2.05, 4.69) is 10.4 Å². The van der Waals surface area contributed by atoms with Crippen molar-refractivity contribution >= 4 is 17.3 Å². The third-order valence-corrected chi connectivity index (χ3v) is 3.85. The number of aromatic nitrogens is 2. The number of carbonyl (C=O) groups excluding carboxylic acids is 1. The Morgan fingerprint density at radius 2 is 2.09 bits per heavy atom. The zero-order valence-corrected chi connectivity index (χ0v) is 12.6. The number of hydrogen-bond acceptors (Lipinski definition) is 4. The molecular weight excluding hydrogens is 280 g/mol. The molecule has 1 aliphatic heterocycles. The molecule has 116 valence electrons. The van der Waals surface area contributed by atoms with Crippen LogP contribution >= 0.6 is 0 Å². The summed E-state index contributed by atoms with van der Waals surface area (Å²) in [6.07, 6.45) is 4.64. The van der Waals surface area contributed by atoms with Gasteiger partial charge in [0, 0.05) is 37.6 Å². The lowest BCUT2D eigenvalue weighted by molar-refractivity contribution is 0.0546. The number of nitrogens with one attached hydrogen (secondary N) is 1. The Labute approximate surface area is 129 Å². The van der Waals surface area contributed by atoms with E-state index in [0.29, 0.717) is 31.5 Å². The zero-order chi connectivity index (χ0) is 15.5. The van der Waals surface area contributed by atoms with Gasteiger partial charge < -0.3 is 15.3 Å². The number of amides is 1. The van der Waals surface area contributed by atoms with Gasteiger partial charge in [0.25, 0.3) is 5.91 Å². The maximum atomic E-state index is 12.5. The van der Waals surface area contributed by atoms with Gasteiger partial charge in [-0.05, 0) is 31.0 Å². The second kappa shape index (κ2) is 6.19. The molecule has 1 amide bonds. The Morgan fingerprint density at radius 1 is 1.32 bits per heavy atom. The van der Waals surface area contributed by atoms with Crippen molar-refractivity contribution in [3.05, 3.63) is 42.2 Å². The Kier molecular flexibility index (Phi) is 4.11. The molecule has 0 aliphatic carbocycles. The largest absolute Gasteiger partial charge is 0.393 e. The number of nitrogens with zero attached hydrogens (tertiary/aromatic N) is 3. The molecule has 2 N–H and O–H groups in total. The second-order valence-electron chi connectivity index (χ2n) is 5.63. The number of carbonyl (C=O) groups is 1. The van der Waals surface area contributed by atoms with E-state index < -0.39 is 0 Å². The van der Waals surface area contributed by atoms with Crippen LogP contribution in [0.15, 0.2) is 36.7 Å². The zero-order valence-electron chi connectivity index (χ0n) is 12.6. The van der Waals surface area contributed by atoms with Crippen molar-refractivity contribution in [2.24, 2.45) is 7.05 Å². The molecule has 3 rings (SSSR count). The average Bonchev–Trinajstić information content (AvgIpc) is 2.93. The normalized spacial score (nSPS) is 15.8. The monoisotopic (exact) mass is 300 g/mol. The van der Waals surface area contributed by atoms with Crippen LogP contribution in [0.2, 0.25) is 0 Å². The molecule has 1 aromatic heterocycles. The number of benzene rings is 1. The first kappa shape index (κ1) is 14.6. The number of aliphatic hydroxyl groups is 1. The van der Waals surface area contributed by atoms with Crippen LogP contribution in [0.1, 0.15) is 23.2 Å². The van der Waals surface area contributed by atoms with Gasteiger partial charge in [-0.15, -0.1) is 0 Å². The minimum absolute atomic E-state index is 0.0155. The van der Waals surface area contributed by atoms with Crippen molar-refractivity contribution in [1.82, 2.24) is 14.7 Å². The topological polar surface area (TPSA) is 70.4 Å². The number of rotatable bonds is 3. The van der Waals surface area contributed by atoms with E-state index in [-0.39, 0.29) is 12.0 Å². The van der Waals surface area contributed by atoms with Gasteiger partial charge in [0.15, 0.2) is 0 Å². The van der Waals surface area contributed by atoms with Crippen molar-refractivity contribution in [2.45, 2.75) is 18.9 Å². The summed E-state index contributed by atoms with van der Waals surface area (Å²) in [4.78, 5) is 14.3. The third kappa shape index (κ3) is 3.28. The molecule has 2 aromatic rings. The molecule has 1 aliphatic rings. The summed E-state index contributed by atoms with van der Waals surface area (Å²) >= 11 is 0. The molecule has 0 unspecified atom stereocenters. The Balaban J connectivity index is 1.71. The lowest BCUT2D eigenvalue weighted by atomic mass is 10.1. The van der Waals surface area contributed by atoms with Crippen molar-refractivity contribution in [2.75, 3.05) is 18.4 Å². The van der Waals surface area contributed by atoms with Crippen LogP contribution in [-0.4, -0.2) is 44.9 Å². The highest BCUT2D eigenvalue weighted by Gasteiger charge is 2.22. The lowest BCUT2D eigenvalue weighted by Crippen LogP contribution is -2.40. The SMILES string of the molecule is Cn1cc(Nc2cccc(C(=O)N3CCC(O)CC3)c2)cn1. The summed E-state index contributed by atoms with van der Waals surface area (Å²) in [5.41, 5.74) is 2.40. The minimum Gasteiger partial charge on any atom is -0.393 e. The highest BCUT2D eigenvalue weighted by Crippen LogP contribution is 2.19. The van der Waals surface area contributed by atoms with Gasteiger partial charge in [0.05, 0.1) is 18.0 Å². The highest BCUT2D eigenvalue weighted by molar-refractivity contribution is 5.95. The maximum absolute atomic E-state index is 12.5. The molecule has 6 nitrogen and oxygen atoms in total. The maximum Gasteiger partial charge on any atom is 0.253 e. The third-order valence-electron chi connectivity index (χ3n) is 3.85. The van der Waals surface area contributed by atoms with E-state index in [1.54, 1.807) is 15.8 Å². The van der Waals surface area contributed by atoms with Gasteiger partial charge in [-0.1, -0.05) is 6.07 Å². The van der Waals surface area contributed by atoms with Crippen LogP contribution in [0, 0.1) is 0 Å². The molecule has 1 fully saturated rings. The van der Waals surface area contributed by atoms with Gasteiger partial charge in [-0.3, -0.25) is 9.48 Å². The molecule has 0 radical (unpaired) electrons. The van der Waals surface area contributed by atoms with Crippen LogP contribution in [0.3, 0.4) is 0 Å². The summed E-state index contributed by atoms with van der Waals surface area (Å²) in [5, 5.41) is 16.9. The van der Waals surface area contributed by atoms with Crippen molar-refractivity contribution in [1.29, 1.82) is 0 Å². The number of hydrogen-bond donors (Lipinski definition) is 2. The van der Waals surface area contributed by atoms with E-state index in [4.69, 9.17) is 0 Å². The van der Waals surface area contributed by atoms with Gasteiger partial charge in [-0.25, -0.2) is 0 Å². The van der Waals surface area contributed by atoms with Crippen LogP contribution in [0.4, 0.5) is 11.4 Å². The summed E-state index contributed by atoms with van der Waals surface area (Å²) in [7, 11) is 1.86. The quantitative estimate of drug-likeness (QED) is 0.906. The fraction of sp³-hybridized carbons (Fsp3) is 0.375. The Bertz CT molecular complexity index is 660. The smallest absolute Gasteiger partial charge is 0.253 e. The standard InChI is InChI=1S/C16H20N4O2/c1-19-11-14(10-17-19)18-13-4-2-3-12(9-13)16(22)20-7-5-15(21)6-8-20/h2-4,9-11,15,18,21H,5-8H2,1H3. The molecule has 0 saturated carbocycles. The van der Waals surface area contributed by atoms with Crippen molar-refractivity contribution < 1.29 is 9.90 Å². The van der Waals surface area contributed by atoms with Gasteiger partial charge in [0.1, 0.15) is 0 Å². The minimum atomic E-state index is -0.275. The fourth-order valence-corrected chi connectivity index (χ4v) is 2.63. The molecule has 0 spiro atoms. The highest BCUT2D eigenvalue weighted by atomic mass is 16.3. The number of aryl methyl sites for hydroxylation is 1. The van der Waals surface area contributed by atoms with Gasteiger partial charge >= 0.3 is 0 Å². The van der Waals surface area contributed by atoms with Crippen LogP contribution in [-0.2, 0) is 7.05 Å². The fourth-order valence-electron chi connectivity index (χ4n) is 2.63. The first-order chi connectivity index (χ1) is 10.6. The summed E-state index contributed by atoms with van der Waals surface area (Å²) in [5.74, 6) is 0.0155. The van der Waals surface area contributed by atoms with Crippen molar-refractivity contribution in [3.8, 4) is 0 Å². The van der Waals surface area contributed by atoms with E-state index in [9.17, 15) is 9.90 Å². The molecule has 0 atom stereocenters. The van der Waals surface area contributed by atoms with Crippen molar-refractivity contribution in [3.63, 3.8) is 0 Å². The number of likely N-dealkylation sites (tertiary alicyclic amines) is 1. The average molecular weight is 300 g/mol. The summed E-state index contributed by atoms with van der Waals surface area (Å²) < 4.78 is 1.72. The van der Waals surface area contributed by atoms with E-state index >= 15 is 0 Å². The first-order valence-electron chi connectivity index (χ1n) is 7.45. The Morgan fingerprint density at radius 3 is 2.77 bits per heavy atom. The molecular formula is C16H20N4O2. The van der Waals surface area contributed by atoms with E-state index in [0.717, 1.165) is 11.4 Å². The van der Waals surface area contributed by atoms with Crippen LogP contribution in [0.25, 0.3) is 0 Å². The molecule has 6 heteroatoms. The predicted molar refractivity (Wildman–Crippen MR) is 84.1 cm³/mol. The van der Waals surface area contributed by atoms with Gasteiger partial charge in [0.2, 0.25) is 0 Å². The summed E-state index contributed by atoms with van der Waals surface area (Å²) in [6, 6.07) is 7.45. The first-order valence-corrected chi connectivity index (χ1v) is 7.45. The molecule has 1 saturated heterocycles. The van der Waals surface area contributed by atoms with E-state index in [1.807, 2.05) is 37.5 Å². The number of piperidine rings is 1. The second-order valence-corrected chi connectivity index (χ2v) is 5.63. The number of anilines is 2. The predicted octanol–water partition coefficient (Wildman–Crippen LogP) is 1.76. The van der Waals surface area contributed by atoms with Crippen LogP contribution in [0.5, 0.6) is 0 Å². The number of aliphatic hydroxyl groups excluding tert-OH is 1. The molecule has 2 heterocycles. The van der Waals surface area contributed by atoms with Crippen LogP contribution < -0.4 is 5.32 Å². The van der Waals surface area contributed by atoms with Gasteiger partial charge in [-0.2, -0.15) is 5.10 Å². The Hall–Kier alpha value is -2.34.